The van der Waals surface area contributed by atoms with Crippen molar-refractivity contribution >= 4 is 64.5 Å². The van der Waals surface area contributed by atoms with Gasteiger partial charge in [-0.3, -0.25) is 9.13 Å². The number of imidazole rings is 1. The fourth-order valence-corrected chi connectivity index (χ4v) is 9.17. The highest BCUT2D eigenvalue weighted by Crippen LogP contribution is 2.46. The average molecular weight is 695 g/mol. The predicted molar refractivity (Wildman–Crippen MR) is 222 cm³/mol. The van der Waals surface area contributed by atoms with E-state index in [1.807, 2.05) is 23.5 Å². The van der Waals surface area contributed by atoms with Gasteiger partial charge in [-0.2, -0.15) is 0 Å². The van der Waals surface area contributed by atoms with Crippen molar-refractivity contribution in [3.63, 3.8) is 0 Å². The van der Waals surface area contributed by atoms with E-state index in [2.05, 4.69) is 179 Å². The fraction of sp³-hybridized carbons (Fsp3) is 0. The minimum atomic E-state index is 0.931. The van der Waals surface area contributed by atoms with Crippen LogP contribution in [0, 0.1) is 0 Å². The lowest BCUT2D eigenvalue weighted by Gasteiger charge is -2.11. The van der Waals surface area contributed by atoms with Crippen LogP contribution in [0.2, 0.25) is 0 Å². The molecule has 11 rings (SSSR count). The highest BCUT2D eigenvalue weighted by Gasteiger charge is 2.22. The topological polar surface area (TPSA) is 35.6 Å². The second kappa shape index (κ2) is 11.9. The number of hydrogen-bond acceptors (Lipinski definition) is 3. The van der Waals surface area contributed by atoms with Gasteiger partial charge in [-0.05, 0) is 59.7 Å². The first kappa shape index (κ1) is 29.9. The number of fused-ring (bicyclic) bond motifs is 8. The number of para-hydroxylation sites is 5. The average Bonchev–Trinajstić information content (AvgIpc) is 3.91. The summed E-state index contributed by atoms with van der Waals surface area (Å²) in [6.45, 7) is 0. The van der Waals surface area contributed by atoms with Crippen LogP contribution in [0.4, 0.5) is 0 Å². The van der Waals surface area contributed by atoms with Gasteiger partial charge in [0.2, 0.25) is 0 Å². The normalized spacial score (nSPS) is 11.8. The molecule has 4 heterocycles. The number of thiophene rings is 1. The number of rotatable bonds is 5. The molecule has 0 aliphatic heterocycles. The molecule has 7 aromatic carbocycles. The lowest BCUT2D eigenvalue weighted by Crippen LogP contribution is -1.97. The fourth-order valence-electron chi connectivity index (χ4n) is 7.91. The summed E-state index contributed by atoms with van der Waals surface area (Å²) in [6.07, 6.45) is 0. The zero-order chi connectivity index (χ0) is 34.9. The molecule has 248 valence electrons. The van der Waals surface area contributed by atoms with Crippen LogP contribution in [-0.4, -0.2) is 19.1 Å². The van der Waals surface area contributed by atoms with E-state index < -0.39 is 0 Å². The molecule has 0 unspecified atom stereocenters. The van der Waals surface area contributed by atoms with Gasteiger partial charge in [0.25, 0.3) is 0 Å². The van der Waals surface area contributed by atoms with Crippen molar-refractivity contribution < 1.29 is 0 Å². The second-order valence-electron chi connectivity index (χ2n) is 13.4. The largest absolute Gasteiger partial charge is 0.294 e. The smallest absolute Gasteiger partial charge is 0.147 e. The van der Waals surface area contributed by atoms with Crippen LogP contribution in [0.15, 0.2) is 182 Å². The van der Waals surface area contributed by atoms with Crippen LogP contribution in [0.5, 0.6) is 0 Å². The van der Waals surface area contributed by atoms with Crippen molar-refractivity contribution in [2.75, 3.05) is 0 Å². The van der Waals surface area contributed by atoms with Crippen molar-refractivity contribution in [3.05, 3.63) is 182 Å². The zero-order valence-corrected chi connectivity index (χ0v) is 29.3. The summed E-state index contributed by atoms with van der Waals surface area (Å²) in [5.41, 5.74) is 11.9. The molecule has 0 aliphatic rings. The molecule has 0 N–H and O–H groups in total. The number of nitrogens with zero attached hydrogens (tertiary/aromatic N) is 4. The number of hydrogen-bond donors (Lipinski definition) is 0. The Morgan fingerprint density at radius 1 is 0.396 bits per heavy atom. The van der Waals surface area contributed by atoms with Gasteiger partial charge in [-0.25, -0.2) is 9.97 Å². The van der Waals surface area contributed by atoms with Crippen molar-refractivity contribution in [1.29, 1.82) is 0 Å². The van der Waals surface area contributed by atoms with Crippen molar-refractivity contribution in [3.8, 4) is 45.1 Å². The lowest BCUT2D eigenvalue weighted by atomic mass is 9.99. The van der Waals surface area contributed by atoms with Gasteiger partial charge in [0.1, 0.15) is 11.5 Å². The summed E-state index contributed by atoms with van der Waals surface area (Å²) in [4.78, 5) is 10.6. The number of pyridine rings is 1. The molecule has 0 fully saturated rings. The summed E-state index contributed by atoms with van der Waals surface area (Å²) in [6, 6.07) is 64.5. The molecule has 4 nitrogen and oxygen atoms in total. The van der Waals surface area contributed by atoms with E-state index in [-0.39, 0.29) is 0 Å². The Kier molecular flexibility index (Phi) is 6.69. The Labute approximate surface area is 309 Å². The van der Waals surface area contributed by atoms with Crippen molar-refractivity contribution in [2.24, 2.45) is 0 Å². The van der Waals surface area contributed by atoms with Gasteiger partial charge in [-0.15, -0.1) is 11.3 Å². The van der Waals surface area contributed by atoms with Crippen molar-refractivity contribution in [1.82, 2.24) is 19.1 Å². The SMILES string of the molecule is c1ccc(-n2c(-c3ccc(-c4ccc(-c5nc6c(c7ccccc7n6-c6ccccc6)c6sc7ccccc7c56)cc4)cc3)nc3ccccc32)cc1. The molecular formula is C48H30N4S. The summed E-state index contributed by atoms with van der Waals surface area (Å²) >= 11 is 1.86. The maximum Gasteiger partial charge on any atom is 0.147 e. The Morgan fingerprint density at radius 3 is 1.66 bits per heavy atom. The van der Waals surface area contributed by atoms with Gasteiger partial charge in [0, 0.05) is 53.4 Å². The Morgan fingerprint density at radius 2 is 0.943 bits per heavy atom. The maximum absolute atomic E-state index is 5.57. The first-order valence-electron chi connectivity index (χ1n) is 17.8. The standard InChI is InChI=1S/C48H30N4S/c1-3-13-35(14-4-1)51-40-20-10-7-17-37(40)44-46-43(38-18-8-12-22-42(38)53-46)45(50-48(44)51)33-27-23-31(24-28-33)32-25-29-34(30-26-32)47-49-39-19-9-11-21-41(39)52(47)36-15-5-2-6-16-36/h1-30H. The Balaban J connectivity index is 1.04. The minimum absolute atomic E-state index is 0.931. The second-order valence-corrected chi connectivity index (χ2v) is 14.5. The molecule has 0 atom stereocenters. The van der Waals surface area contributed by atoms with E-state index in [4.69, 9.17) is 9.97 Å². The highest BCUT2D eigenvalue weighted by atomic mass is 32.1. The van der Waals surface area contributed by atoms with Gasteiger partial charge in [0.05, 0.1) is 22.2 Å². The third-order valence-corrected chi connectivity index (χ3v) is 11.5. The molecule has 53 heavy (non-hydrogen) atoms. The van der Waals surface area contributed by atoms with E-state index in [1.54, 1.807) is 0 Å². The summed E-state index contributed by atoms with van der Waals surface area (Å²) in [5.74, 6) is 0.931. The lowest BCUT2D eigenvalue weighted by molar-refractivity contribution is 1.10. The van der Waals surface area contributed by atoms with E-state index >= 15 is 0 Å². The van der Waals surface area contributed by atoms with E-state index in [1.165, 1.54) is 30.9 Å². The molecule has 0 saturated heterocycles. The van der Waals surface area contributed by atoms with Crippen LogP contribution in [0.25, 0.3) is 98.3 Å². The van der Waals surface area contributed by atoms with Gasteiger partial charge in [-0.1, -0.05) is 133 Å². The van der Waals surface area contributed by atoms with E-state index in [0.29, 0.717) is 0 Å². The summed E-state index contributed by atoms with van der Waals surface area (Å²) < 4.78 is 7.11. The zero-order valence-electron chi connectivity index (χ0n) is 28.5. The first-order chi connectivity index (χ1) is 26.3. The molecule has 5 heteroatoms. The van der Waals surface area contributed by atoms with Crippen molar-refractivity contribution in [2.45, 2.75) is 0 Å². The third kappa shape index (κ3) is 4.68. The molecule has 0 aliphatic carbocycles. The van der Waals surface area contributed by atoms with Gasteiger partial charge < -0.3 is 0 Å². The van der Waals surface area contributed by atoms with E-state index in [9.17, 15) is 0 Å². The summed E-state index contributed by atoms with van der Waals surface area (Å²) in [7, 11) is 0. The summed E-state index contributed by atoms with van der Waals surface area (Å²) in [5, 5.41) is 4.89. The quantitative estimate of drug-likeness (QED) is 0.180. The van der Waals surface area contributed by atoms with Crippen LogP contribution in [0.1, 0.15) is 0 Å². The monoisotopic (exact) mass is 694 g/mol. The number of benzene rings is 7. The molecule has 0 amide bonds. The molecule has 0 spiro atoms. The third-order valence-electron chi connectivity index (χ3n) is 10.4. The van der Waals surface area contributed by atoms with Crippen LogP contribution < -0.4 is 0 Å². The maximum atomic E-state index is 5.57. The Bertz CT molecular complexity index is 3140. The van der Waals surface area contributed by atoms with Crippen LogP contribution in [0.3, 0.4) is 0 Å². The Hall–Kier alpha value is -6.82. The molecule has 0 bridgehead atoms. The van der Waals surface area contributed by atoms with Crippen LogP contribution in [-0.2, 0) is 0 Å². The van der Waals surface area contributed by atoms with E-state index in [0.717, 1.165) is 67.3 Å². The van der Waals surface area contributed by atoms with Crippen LogP contribution >= 0.6 is 11.3 Å². The molecule has 11 aromatic rings. The first-order valence-corrected chi connectivity index (χ1v) is 18.7. The molecular weight excluding hydrogens is 665 g/mol. The molecule has 0 saturated carbocycles. The number of aromatic nitrogens is 4. The molecule has 4 aromatic heterocycles. The predicted octanol–water partition coefficient (Wildman–Crippen LogP) is 12.9. The minimum Gasteiger partial charge on any atom is -0.294 e. The van der Waals surface area contributed by atoms with Gasteiger partial charge >= 0.3 is 0 Å². The molecule has 0 radical (unpaired) electrons. The highest BCUT2D eigenvalue weighted by molar-refractivity contribution is 7.27. The van der Waals surface area contributed by atoms with Gasteiger partial charge in [0.15, 0.2) is 0 Å².